The van der Waals surface area contributed by atoms with Crippen LogP contribution < -0.4 is 5.73 Å². The van der Waals surface area contributed by atoms with Crippen LogP contribution in [0.4, 0.5) is 0 Å². The summed E-state index contributed by atoms with van der Waals surface area (Å²) in [5, 5.41) is 8.73. The van der Waals surface area contributed by atoms with Gasteiger partial charge in [0.1, 0.15) is 6.04 Å². The molecule has 0 radical (unpaired) electrons. The zero-order chi connectivity index (χ0) is 11.8. The van der Waals surface area contributed by atoms with Crippen molar-refractivity contribution in [3.05, 3.63) is 0 Å². The number of aliphatic carboxylic acids is 1. The van der Waals surface area contributed by atoms with E-state index in [0.29, 0.717) is 12.6 Å². The van der Waals surface area contributed by atoms with Gasteiger partial charge in [-0.15, -0.1) is 0 Å². The van der Waals surface area contributed by atoms with Gasteiger partial charge in [-0.1, -0.05) is 19.8 Å². The minimum Gasteiger partial charge on any atom is -0.480 e. The molecule has 3 N–H and O–H groups in total. The van der Waals surface area contributed by atoms with Crippen molar-refractivity contribution in [3.63, 3.8) is 0 Å². The van der Waals surface area contributed by atoms with Crippen LogP contribution >= 0.6 is 0 Å². The molecular weight excluding hydrogens is 192 g/mol. The van der Waals surface area contributed by atoms with Crippen LogP contribution in [0.5, 0.6) is 0 Å². The lowest BCUT2D eigenvalue weighted by molar-refractivity contribution is -0.139. The van der Waals surface area contributed by atoms with Gasteiger partial charge in [-0.2, -0.15) is 0 Å². The molecule has 4 nitrogen and oxygen atoms in total. The van der Waals surface area contributed by atoms with Crippen LogP contribution in [0.15, 0.2) is 0 Å². The van der Waals surface area contributed by atoms with Gasteiger partial charge in [0.2, 0.25) is 0 Å². The second-order valence-electron chi connectivity index (χ2n) is 4.24. The molecule has 0 rings (SSSR count). The lowest BCUT2D eigenvalue weighted by Crippen LogP contribution is -2.45. The lowest BCUT2D eigenvalue weighted by atomic mass is 10.2. The van der Waals surface area contributed by atoms with Crippen molar-refractivity contribution < 1.29 is 9.90 Å². The van der Waals surface area contributed by atoms with Crippen molar-refractivity contribution >= 4 is 5.97 Å². The zero-order valence-electron chi connectivity index (χ0n) is 10.1. The molecule has 0 saturated carbocycles. The van der Waals surface area contributed by atoms with Gasteiger partial charge >= 0.3 is 5.97 Å². The smallest absolute Gasteiger partial charge is 0.321 e. The Morgan fingerprint density at radius 1 is 1.40 bits per heavy atom. The summed E-state index contributed by atoms with van der Waals surface area (Å²) >= 11 is 0. The molecule has 90 valence electrons. The average Bonchev–Trinajstić information content (AvgIpc) is 2.15. The molecule has 0 aliphatic carbocycles. The van der Waals surface area contributed by atoms with Crippen LogP contribution in [0.3, 0.4) is 0 Å². The van der Waals surface area contributed by atoms with E-state index in [0.717, 1.165) is 13.0 Å². The fourth-order valence-corrected chi connectivity index (χ4v) is 1.46. The van der Waals surface area contributed by atoms with Crippen LogP contribution in [0.25, 0.3) is 0 Å². The molecule has 0 bridgehead atoms. The van der Waals surface area contributed by atoms with Gasteiger partial charge in [0.15, 0.2) is 0 Å². The minimum absolute atomic E-state index is 0.354. The maximum Gasteiger partial charge on any atom is 0.321 e. The van der Waals surface area contributed by atoms with Crippen LogP contribution in [-0.4, -0.2) is 41.1 Å². The van der Waals surface area contributed by atoms with Gasteiger partial charge in [-0.05, 0) is 26.8 Å². The molecule has 1 atom stereocenters. The summed E-state index contributed by atoms with van der Waals surface area (Å²) in [6.45, 7) is 7.67. The van der Waals surface area contributed by atoms with E-state index in [1.54, 1.807) is 0 Å². The average molecular weight is 216 g/mol. The second-order valence-corrected chi connectivity index (χ2v) is 4.24. The summed E-state index contributed by atoms with van der Waals surface area (Å²) in [6, 6.07) is -0.415. The fraction of sp³-hybridized carbons (Fsp3) is 0.909. The molecule has 0 aliphatic heterocycles. The molecule has 1 unspecified atom stereocenters. The highest BCUT2D eigenvalue weighted by Crippen LogP contribution is 2.04. The summed E-state index contributed by atoms with van der Waals surface area (Å²) < 4.78 is 0. The van der Waals surface area contributed by atoms with E-state index < -0.39 is 12.0 Å². The van der Waals surface area contributed by atoms with E-state index in [1.165, 1.54) is 12.8 Å². The first-order chi connectivity index (χ1) is 6.99. The molecule has 0 saturated heterocycles. The Morgan fingerprint density at radius 2 is 2.00 bits per heavy atom. The molecular formula is C11H24N2O2. The van der Waals surface area contributed by atoms with Crippen molar-refractivity contribution in [3.8, 4) is 0 Å². The Labute approximate surface area is 92.4 Å². The number of carboxylic acid groups (broad SMARTS) is 1. The number of carbonyl (C=O) groups is 1. The predicted octanol–water partition coefficient (Wildman–Crippen LogP) is 1.30. The number of nitrogens with zero attached hydrogens (tertiary/aromatic N) is 1. The maximum absolute atomic E-state index is 10.6. The summed E-state index contributed by atoms with van der Waals surface area (Å²) in [7, 11) is 0. The molecule has 0 heterocycles. The normalized spacial score (nSPS) is 13.5. The summed E-state index contributed by atoms with van der Waals surface area (Å²) in [5.74, 6) is -0.920. The first-order valence-corrected chi connectivity index (χ1v) is 5.71. The van der Waals surface area contributed by atoms with E-state index in [1.807, 2.05) is 0 Å². The van der Waals surface area contributed by atoms with Crippen molar-refractivity contribution in [2.75, 3.05) is 13.1 Å². The van der Waals surface area contributed by atoms with Gasteiger partial charge in [-0.3, -0.25) is 9.69 Å². The topological polar surface area (TPSA) is 66.6 Å². The van der Waals surface area contributed by atoms with E-state index in [2.05, 4.69) is 25.7 Å². The van der Waals surface area contributed by atoms with E-state index in [-0.39, 0.29) is 0 Å². The summed E-state index contributed by atoms with van der Waals surface area (Å²) in [5.41, 5.74) is 5.52. The van der Waals surface area contributed by atoms with Crippen molar-refractivity contribution in [2.45, 2.75) is 52.1 Å². The largest absolute Gasteiger partial charge is 0.480 e. The van der Waals surface area contributed by atoms with E-state index in [9.17, 15) is 4.79 Å². The Hall–Kier alpha value is -0.610. The second kappa shape index (κ2) is 7.65. The molecule has 0 aliphatic rings. The third-order valence-corrected chi connectivity index (χ3v) is 2.53. The first kappa shape index (κ1) is 14.4. The quantitative estimate of drug-likeness (QED) is 0.600. The number of hydrogen-bond donors (Lipinski definition) is 2. The number of carboxylic acids is 1. The third-order valence-electron chi connectivity index (χ3n) is 2.53. The van der Waals surface area contributed by atoms with Crippen molar-refractivity contribution in [2.24, 2.45) is 5.73 Å². The molecule has 0 aromatic carbocycles. The van der Waals surface area contributed by atoms with Crippen LogP contribution in [0.2, 0.25) is 0 Å². The van der Waals surface area contributed by atoms with Gasteiger partial charge in [0, 0.05) is 12.6 Å². The molecule has 0 fully saturated rings. The van der Waals surface area contributed by atoms with Crippen molar-refractivity contribution in [1.29, 1.82) is 0 Å². The molecule has 15 heavy (non-hydrogen) atoms. The van der Waals surface area contributed by atoms with Gasteiger partial charge < -0.3 is 10.8 Å². The predicted molar refractivity (Wildman–Crippen MR) is 61.8 cm³/mol. The lowest BCUT2D eigenvalue weighted by Gasteiger charge is -2.27. The highest BCUT2D eigenvalue weighted by Gasteiger charge is 2.17. The standard InChI is InChI=1S/C11H24N2O2/c1-4-5-6-7-13(9(2)3)8-10(12)11(14)15/h9-10H,4-8,12H2,1-3H3,(H,14,15). The Bertz CT molecular complexity index is 183. The number of rotatable bonds is 8. The Balaban J connectivity index is 3.98. The highest BCUT2D eigenvalue weighted by atomic mass is 16.4. The highest BCUT2D eigenvalue weighted by molar-refractivity contribution is 5.73. The monoisotopic (exact) mass is 216 g/mol. The first-order valence-electron chi connectivity index (χ1n) is 5.71. The van der Waals surface area contributed by atoms with Gasteiger partial charge in [-0.25, -0.2) is 0 Å². The number of unbranched alkanes of at least 4 members (excludes halogenated alkanes) is 2. The SMILES string of the molecule is CCCCCN(CC(N)C(=O)O)C(C)C. The van der Waals surface area contributed by atoms with Crippen LogP contribution in [-0.2, 0) is 4.79 Å². The van der Waals surface area contributed by atoms with Gasteiger partial charge in [0.05, 0.1) is 0 Å². The van der Waals surface area contributed by atoms with Crippen LogP contribution in [0.1, 0.15) is 40.0 Å². The molecule has 0 amide bonds. The Morgan fingerprint density at radius 3 is 2.40 bits per heavy atom. The minimum atomic E-state index is -0.920. The van der Waals surface area contributed by atoms with Gasteiger partial charge in [0.25, 0.3) is 0 Å². The summed E-state index contributed by atoms with van der Waals surface area (Å²) in [4.78, 5) is 12.8. The van der Waals surface area contributed by atoms with Crippen LogP contribution in [0, 0.1) is 0 Å². The third kappa shape index (κ3) is 6.47. The van der Waals surface area contributed by atoms with E-state index in [4.69, 9.17) is 10.8 Å². The van der Waals surface area contributed by atoms with Crippen molar-refractivity contribution in [1.82, 2.24) is 4.90 Å². The Kier molecular flexibility index (Phi) is 7.34. The molecule has 0 aromatic rings. The summed E-state index contributed by atoms with van der Waals surface area (Å²) in [6.07, 6.45) is 3.48. The van der Waals surface area contributed by atoms with E-state index >= 15 is 0 Å². The number of nitrogens with two attached hydrogens (primary N) is 1. The molecule has 4 heteroatoms. The molecule has 0 aromatic heterocycles. The molecule has 0 spiro atoms. The fourth-order valence-electron chi connectivity index (χ4n) is 1.46. The number of hydrogen-bond acceptors (Lipinski definition) is 3. The maximum atomic E-state index is 10.6. The zero-order valence-corrected chi connectivity index (χ0v) is 10.1.